The summed E-state index contributed by atoms with van der Waals surface area (Å²) in [5, 5.41) is 87.5. The van der Waals surface area contributed by atoms with Gasteiger partial charge >= 0.3 is 0 Å². The molecular weight excluding hydrogens is 660 g/mol. The van der Waals surface area contributed by atoms with Crippen LogP contribution in [0.3, 0.4) is 0 Å². The van der Waals surface area contributed by atoms with E-state index in [-0.39, 0.29) is 29.6 Å². The molecular formula is C39H60O12. The molecule has 6 unspecified atom stereocenters. The first kappa shape index (κ1) is 40.1. The van der Waals surface area contributed by atoms with Crippen molar-refractivity contribution in [2.24, 2.45) is 22.7 Å². The zero-order valence-electron chi connectivity index (χ0n) is 31.3. The van der Waals surface area contributed by atoms with Gasteiger partial charge in [0.1, 0.15) is 36.3 Å². The minimum absolute atomic E-state index is 0.0126. The number of hydrogen-bond acceptors (Lipinski definition) is 12. The molecule has 5 rings (SSSR count). The third kappa shape index (κ3) is 6.36. The molecule has 12 nitrogen and oxygen atoms in total. The summed E-state index contributed by atoms with van der Waals surface area (Å²) in [6, 6.07) is 1.58. The number of aliphatic hydroxyl groups is 7. The average molecular weight is 721 g/mol. The van der Waals surface area contributed by atoms with Gasteiger partial charge in [0.2, 0.25) is 6.29 Å². The number of ketones is 1. The molecule has 1 heterocycles. The molecule has 13 atom stereocenters. The summed E-state index contributed by atoms with van der Waals surface area (Å²) in [6.07, 6.45) is -3.57. The van der Waals surface area contributed by atoms with Gasteiger partial charge in [0.15, 0.2) is 11.5 Å². The van der Waals surface area contributed by atoms with Crippen molar-refractivity contribution in [3.05, 3.63) is 34.9 Å². The molecule has 0 spiro atoms. The third-order valence-electron chi connectivity index (χ3n) is 13.4. The highest BCUT2D eigenvalue weighted by Gasteiger charge is 2.73. The number of phenols is 1. The van der Waals surface area contributed by atoms with Crippen LogP contribution in [-0.2, 0) is 26.1 Å². The summed E-state index contributed by atoms with van der Waals surface area (Å²) in [4.78, 5) is 14.7. The van der Waals surface area contributed by atoms with E-state index in [0.29, 0.717) is 37.0 Å². The molecule has 1 saturated heterocycles. The highest BCUT2D eigenvalue weighted by molar-refractivity contribution is 5.93. The second-order valence-corrected chi connectivity index (χ2v) is 17.0. The molecule has 12 heteroatoms. The van der Waals surface area contributed by atoms with Crippen molar-refractivity contribution in [1.29, 1.82) is 0 Å². The molecule has 0 bridgehead atoms. The summed E-state index contributed by atoms with van der Waals surface area (Å²) < 4.78 is 17.4. The Morgan fingerprint density at radius 2 is 1.75 bits per heavy atom. The van der Waals surface area contributed by atoms with Crippen LogP contribution >= 0.6 is 0 Å². The molecule has 2 saturated carbocycles. The van der Waals surface area contributed by atoms with Gasteiger partial charge in [-0.15, -0.1) is 0 Å². The van der Waals surface area contributed by atoms with Gasteiger partial charge in [-0.3, -0.25) is 4.79 Å². The lowest BCUT2D eigenvalue weighted by atomic mass is 9.41. The van der Waals surface area contributed by atoms with E-state index in [2.05, 4.69) is 13.8 Å². The fraction of sp³-hybridized carbons (Fsp3) is 0.769. The van der Waals surface area contributed by atoms with E-state index in [0.717, 1.165) is 18.4 Å². The third-order valence-corrected chi connectivity index (χ3v) is 13.4. The number of hydrogen-bond donors (Lipinski definition) is 8. The Kier molecular flexibility index (Phi) is 10.9. The standard InChI is InChI=1S/C39H60O12/c1-9-10-15-49-35(3,4)14-13-27(42)39(8,48)33-23(41)17-36(5)26-12-11-21-20(2)29(44)24(16-22(21)38(26,7)28(43)18-37(33,36)6)50-34-32(47)31(46)30(45)25(19-40)51-34/h13-14,16,23,25-27,30-34,40-42,44-48H,9-12,15,17-19H2,1-8H3/b14-13+/t23-,25?,26+,27?,30?,31?,32?,33+,34?,36+,37-,38+,39+/m1/s1. The van der Waals surface area contributed by atoms with E-state index in [4.69, 9.17) is 14.2 Å². The van der Waals surface area contributed by atoms with Crippen LogP contribution in [0.15, 0.2) is 18.2 Å². The summed E-state index contributed by atoms with van der Waals surface area (Å²) in [6.45, 7) is 14.9. The molecule has 0 amide bonds. The normalized spacial score (nSPS) is 40.0. The topological polar surface area (TPSA) is 207 Å². The van der Waals surface area contributed by atoms with Gasteiger partial charge in [0.25, 0.3) is 0 Å². The zero-order chi connectivity index (χ0) is 38.1. The SMILES string of the molecule is CCCCOC(C)(C)/C=C/C(O)[C@](C)(O)[C@H]1[C@H](O)C[C@@]2(C)[C@@H]3CCc4c(cc(OC5OC(CO)C(O)C(O)C5O)c(O)c4C)[C@]3(C)C(=O)C[C@]12C. The molecule has 1 aliphatic heterocycles. The number of unbranched alkanes of at least 4 members (excludes halogenated alkanes) is 1. The molecule has 1 aromatic carbocycles. The molecule has 3 fully saturated rings. The summed E-state index contributed by atoms with van der Waals surface area (Å²) in [5.41, 5.74) is -3.23. The minimum atomic E-state index is -1.79. The lowest BCUT2D eigenvalue weighted by Crippen LogP contribution is -2.64. The van der Waals surface area contributed by atoms with Gasteiger partial charge in [0.05, 0.1) is 29.3 Å². The predicted octanol–water partition coefficient (Wildman–Crippen LogP) is 2.33. The highest BCUT2D eigenvalue weighted by atomic mass is 16.7. The molecule has 51 heavy (non-hydrogen) atoms. The van der Waals surface area contributed by atoms with Crippen LogP contribution in [0.1, 0.15) is 97.3 Å². The maximum absolute atomic E-state index is 14.7. The summed E-state index contributed by atoms with van der Waals surface area (Å²) in [7, 11) is 0. The van der Waals surface area contributed by atoms with Crippen molar-refractivity contribution in [2.75, 3.05) is 13.2 Å². The second kappa shape index (κ2) is 13.9. The monoisotopic (exact) mass is 720 g/mol. The van der Waals surface area contributed by atoms with Crippen LogP contribution < -0.4 is 4.74 Å². The Morgan fingerprint density at radius 3 is 2.37 bits per heavy atom. The van der Waals surface area contributed by atoms with Crippen LogP contribution in [0, 0.1) is 29.6 Å². The average Bonchev–Trinajstić information content (AvgIpc) is 3.27. The van der Waals surface area contributed by atoms with Crippen molar-refractivity contribution in [3.8, 4) is 11.5 Å². The largest absolute Gasteiger partial charge is 0.504 e. The van der Waals surface area contributed by atoms with E-state index in [9.17, 15) is 45.6 Å². The van der Waals surface area contributed by atoms with E-state index in [1.54, 1.807) is 19.1 Å². The van der Waals surface area contributed by atoms with Gasteiger partial charge in [-0.05, 0) is 99.8 Å². The first-order valence-electron chi connectivity index (χ1n) is 18.4. The maximum atomic E-state index is 14.7. The van der Waals surface area contributed by atoms with Gasteiger partial charge in [0, 0.05) is 18.9 Å². The minimum Gasteiger partial charge on any atom is -0.504 e. The molecule has 1 aromatic rings. The predicted molar refractivity (Wildman–Crippen MR) is 187 cm³/mol. The first-order valence-corrected chi connectivity index (χ1v) is 18.4. The number of carbonyl (C=O) groups excluding carboxylic acids is 1. The fourth-order valence-electron chi connectivity index (χ4n) is 10.2. The lowest BCUT2D eigenvalue weighted by Gasteiger charge is -2.62. The molecule has 8 N–H and O–H groups in total. The number of benzene rings is 1. The molecule has 0 aromatic heterocycles. The molecule has 0 radical (unpaired) electrons. The van der Waals surface area contributed by atoms with Crippen molar-refractivity contribution >= 4 is 5.78 Å². The number of rotatable bonds is 11. The molecule has 288 valence electrons. The molecule has 4 aliphatic rings. The number of aliphatic hydroxyl groups excluding tert-OH is 6. The van der Waals surface area contributed by atoms with Crippen LogP contribution in [-0.4, -0.2) is 114 Å². The highest BCUT2D eigenvalue weighted by Crippen LogP contribution is 2.72. The van der Waals surface area contributed by atoms with Crippen LogP contribution in [0.2, 0.25) is 0 Å². The van der Waals surface area contributed by atoms with Gasteiger partial charge in [-0.1, -0.05) is 39.3 Å². The smallest absolute Gasteiger partial charge is 0.229 e. The Balaban J connectivity index is 1.49. The van der Waals surface area contributed by atoms with E-state index in [1.165, 1.54) is 13.0 Å². The van der Waals surface area contributed by atoms with Crippen LogP contribution in [0.4, 0.5) is 0 Å². The van der Waals surface area contributed by atoms with Crippen molar-refractivity contribution in [1.82, 2.24) is 0 Å². The quantitative estimate of drug-likeness (QED) is 0.123. The van der Waals surface area contributed by atoms with Gasteiger partial charge in [-0.25, -0.2) is 0 Å². The molecule has 3 aliphatic carbocycles. The summed E-state index contributed by atoms with van der Waals surface area (Å²) in [5.74, 6) is -1.57. The van der Waals surface area contributed by atoms with Gasteiger partial charge < -0.3 is 55.1 Å². The Labute approximate surface area is 301 Å². The van der Waals surface area contributed by atoms with Crippen LogP contribution in [0.5, 0.6) is 11.5 Å². The number of phenolic OH excluding ortho intramolecular Hbond substituents is 1. The second-order valence-electron chi connectivity index (χ2n) is 17.0. The van der Waals surface area contributed by atoms with Gasteiger partial charge in [-0.2, -0.15) is 0 Å². The van der Waals surface area contributed by atoms with E-state index in [1.807, 2.05) is 27.7 Å². The number of ether oxygens (including phenoxy) is 3. The maximum Gasteiger partial charge on any atom is 0.229 e. The summed E-state index contributed by atoms with van der Waals surface area (Å²) >= 11 is 0. The van der Waals surface area contributed by atoms with E-state index < -0.39 is 82.9 Å². The zero-order valence-corrected chi connectivity index (χ0v) is 31.3. The van der Waals surface area contributed by atoms with Crippen molar-refractivity contribution in [3.63, 3.8) is 0 Å². The first-order chi connectivity index (χ1) is 23.6. The van der Waals surface area contributed by atoms with Crippen LogP contribution in [0.25, 0.3) is 0 Å². The van der Waals surface area contributed by atoms with Crippen molar-refractivity contribution < 1.29 is 59.9 Å². The Hall–Kier alpha value is -2.13. The number of aromatic hydroxyl groups is 1. The number of fused-ring (bicyclic) bond motifs is 5. The Bertz CT molecular complexity index is 1490. The fourth-order valence-corrected chi connectivity index (χ4v) is 10.2. The van der Waals surface area contributed by atoms with Crippen molar-refractivity contribution in [2.45, 2.75) is 153 Å². The number of carbonyl (C=O) groups is 1. The van der Waals surface area contributed by atoms with E-state index >= 15 is 0 Å². The lowest BCUT2D eigenvalue weighted by molar-refractivity contribution is -0.277. The Morgan fingerprint density at radius 1 is 1.08 bits per heavy atom. The number of Topliss-reactive ketones (excluding diaryl/α,β-unsaturated/α-hetero) is 1.